The van der Waals surface area contributed by atoms with Gasteiger partial charge >= 0.3 is 5.97 Å². The summed E-state index contributed by atoms with van der Waals surface area (Å²) < 4.78 is 4.86. The van der Waals surface area contributed by atoms with Crippen molar-refractivity contribution >= 4 is 11.8 Å². The number of carbonyl (C=O) groups is 2. The van der Waals surface area contributed by atoms with Crippen molar-refractivity contribution in [1.29, 1.82) is 0 Å². The van der Waals surface area contributed by atoms with Crippen molar-refractivity contribution in [2.24, 2.45) is 5.92 Å². The molecule has 0 amide bonds. The molecule has 0 radical (unpaired) electrons. The minimum absolute atomic E-state index is 0.0231. The first kappa shape index (κ1) is 11.2. The van der Waals surface area contributed by atoms with E-state index < -0.39 is 0 Å². The van der Waals surface area contributed by atoms with E-state index in [2.05, 4.69) is 0 Å². The Morgan fingerprint density at radius 2 is 1.93 bits per heavy atom. The number of ketones is 1. The average Bonchev–Trinajstić information content (AvgIpc) is 2.67. The lowest BCUT2D eigenvalue weighted by molar-refractivity contribution is -0.146. The van der Waals surface area contributed by atoms with Crippen LogP contribution in [-0.4, -0.2) is 18.4 Å². The number of rotatable bonds is 5. The zero-order valence-electron chi connectivity index (χ0n) is 8.75. The number of hydrogen-bond donors (Lipinski definition) is 0. The van der Waals surface area contributed by atoms with E-state index in [9.17, 15) is 9.59 Å². The Labute approximate surface area is 84.8 Å². The Morgan fingerprint density at radius 1 is 1.29 bits per heavy atom. The van der Waals surface area contributed by atoms with Crippen LogP contribution in [-0.2, 0) is 14.3 Å². The fourth-order valence-corrected chi connectivity index (χ4v) is 1.80. The predicted molar refractivity (Wildman–Crippen MR) is 52.8 cm³/mol. The summed E-state index contributed by atoms with van der Waals surface area (Å²) in [6, 6.07) is 0. The molecule has 0 N–H and O–H groups in total. The number of hydrogen-bond acceptors (Lipinski definition) is 3. The van der Waals surface area contributed by atoms with Gasteiger partial charge in [0.05, 0.1) is 6.61 Å². The van der Waals surface area contributed by atoms with Crippen molar-refractivity contribution in [1.82, 2.24) is 0 Å². The fourth-order valence-electron chi connectivity index (χ4n) is 1.80. The molecule has 0 aromatic heterocycles. The summed E-state index contributed by atoms with van der Waals surface area (Å²) in [4.78, 5) is 22.6. The van der Waals surface area contributed by atoms with Gasteiger partial charge in [-0.3, -0.25) is 9.59 Å². The minimum Gasteiger partial charge on any atom is -0.465 e. The van der Waals surface area contributed by atoms with E-state index in [1.54, 1.807) is 0 Å². The van der Waals surface area contributed by atoms with E-state index in [4.69, 9.17) is 4.74 Å². The van der Waals surface area contributed by atoms with Crippen LogP contribution >= 0.6 is 0 Å². The number of carbonyl (C=O) groups excluding carboxylic acids is 2. The zero-order chi connectivity index (χ0) is 10.4. The van der Waals surface area contributed by atoms with E-state index in [-0.39, 0.29) is 24.1 Å². The monoisotopic (exact) mass is 198 g/mol. The van der Waals surface area contributed by atoms with Gasteiger partial charge in [0.15, 0.2) is 0 Å². The van der Waals surface area contributed by atoms with Crippen LogP contribution in [0, 0.1) is 5.92 Å². The van der Waals surface area contributed by atoms with Gasteiger partial charge in [-0.2, -0.15) is 0 Å². The third-order valence-electron chi connectivity index (χ3n) is 2.60. The van der Waals surface area contributed by atoms with Gasteiger partial charge in [0.2, 0.25) is 0 Å². The largest absolute Gasteiger partial charge is 0.465 e. The molecule has 0 bridgehead atoms. The van der Waals surface area contributed by atoms with Crippen molar-refractivity contribution in [2.75, 3.05) is 6.61 Å². The minimum atomic E-state index is -0.358. The van der Waals surface area contributed by atoms with Crippen LogP contribution in [0.3, 0.4) is 0 Å². The van der Waals surface area contributed by atoms with Gasteiger partial charge in [-0.1, -0.05) is 19.8 Å². The summed E-state index contributed by atoms with van der Waals surface area (Å²) >= 11 is 0. The lowest BCUT2D eigenvalue weighted by atomic mass is 10.0. The van der Waals surface area contributed by atoms with Crippen LogP contribution in [0.4, 0.5) is 0 Å². The second kappa shape index (κ2) is 5.78. The van der Waals surface area contributed by atoms with Gasteiger partial charge in [0, 0.05) is 5.92 Å². The molecule has 1 aliphatic carbocycles. The van der Waals surface area contributed by atoms with E-state index in [0.717, 1.165) is 32.1 Å². The maximum Gasteiger partial charge on any atom is 0.313 e. The molecule has 0 heterocycles. The smallest absolute Gasteiger partial charge is 0.313 e. The first-order valence-electron chi connectivity index (χ1n) is 5.42. The first-order valence-corrected chi connectivity index (χ1v) is 5.42. The number of Topliss-reactive ketones (excluding diaryl/α,β-unsaturated/α-hetero) is 1. The molecule has 0 unspecified atom stereocenters. The van der Waals surface area contributed by atoms with E-state index in [1.807, 2.05) is 6.92 Å². The summed E-state index contributed by atoms with van der Waals surface area (Å²) in [5.41, 5.74) is 0. The van der Waals surface area contributed by atoms with Crippen LogP contribution in [0.2, 0.25) is 0 Å². The maximum atomic E-state index is 11.5. The van der Waals surface area contributed by atoms with E-state index in [1.165, 1.54) is 0 Å². The van der Waals surface area contributed by atoms with Crippen molar-refractivity contribution in [3.8, 4) is 0 Å². The SMILES string of the molecule is CCCOC(=O)CC(=O)C1CCCC1. The number of esters is 1. The Morgan fingerprint density at radius 3 is 2.50 bits per heavy atom. The van der Waals surface area contributed by atoms with Crippen LogP contribution in [0.5, 0.6) is 0 Å². The Hall–Kier alpha value is -0.860. The number of ether oxygens (including phenoxy) is 1. The third-order valence-corrected chi connectivity index (χ3v) is 2.60. The highest BCUT2D eigenvalue weighted by Gasteiger charge is 2.24. The van der Waals surface area contributed by atoms with Crippen LogP contribution < -0.4 is 0 Å². The van der Waals surface area contributed by atoms with Gasteiger partial charge in [0.25, 0.3) is 0 Å². The quantitative estimate of drug-likeness (QED) is 0.502. The van der Waals surface area contributed by atoms with Crippen molar-refractivity contribution in [3.05, 3.63) is 0 Å². The third kappa shape index (κ3) is 3.48. The summed E-state index contributed by atoms with van der Waals surface area (Å²) in [6.45, 7) is 2.36. The van der Waals surface area contributed by atoms with Gasteiger partial charge in [-0.25, -0.2) is 0 Å². The molecule has 1 fully saturated rings. The molecule has 0 aromatic rings. The molecule has 3 heteroatoms. The van der Waals surface area contributed by atoms with Crippen molar-refractivity contribution in [3.63, 3.8) is 0 Å². The van der Waals surface area contributed by atoms with Crippen LogP contribution in [0.25, 0.3) is 0 Å². The molecule has 0 aliphatic heterocycles. The first-order chi connectivity index (χ1) is 6.74. The predicted octanol–water partition coefficient (Wildman–Crippen LogP) is 2.09. The molecule has 0 atom stereocenters. The maximum absolute atomic E-state index is 11.5. The molecule has 1 saturated carbocycles. The standard InChI is InChI=1S/C11H18O3/c1-2-7-14-11(13)8-10(12)9-5-3-4-6-9/h9H,2-8H2,1H3. The highest BCUT2D eigenvalue weighted by atomic mass is 16.5. The topological polar surface area (TPSA) is 43.4 Å². The molecule has 0 saturated heterocycles. The van der Waals surface area contributed by atoms with E-state index >= 15 is 0 Å². The zero-order valence-corrected chi connectivity index (χ0v) is 8.75. The molecule has 80 valence electrons. The normalized spacial score (nSPS) is 16.9. The molecule has 0 spiro atoms. The van der Waals surface area contributed by atoms with Crippen LogP contribution in [0.15, 0.2) is 0 Å². The Bertz CT molecular complexity index is 205. The molecule has 14 heavy (non-hydrogen) atoms. The molecule has 3 nitrogen and oxygen atoms in total. The van der Waals surface area contributed by atoms with Crippen molar-refractivity contribution in [2.45, 2.75) is 45.4 Å². The second-order valence-electron chi connectivity index (χ2n) is 3.84. The van der Waals surface area contributed by atoms with Crippen LogP contribution in [0.1, 0.15) is 45.4 Å². The summed E-state index contributed by atoms with van der Waals surface area (Å²) in [5.74, 6) is -0.156. The lowest BCUT2D eigenvalue weighted by Gasteiger charge is -2.07. The molecule has 0 aromatic carbocycles. The second-order valence-corrected chi connectivity index (χ2v) is 3.84. The average molecular weight is 198 g/mol. The fraction of sp³-hybridized carbons (Fsp3) is 0.818. The van der Waals surface area contributed by atoms with Gasteiger partial charge in [-0.15, -0.1) is 0 Å². The molecular formula is C11H18O3. The molecule has 1 rings (SSSR count). The summed E-state index contributed by atoms with van der Waals surface area (Å²) in [6.07, 6.45) is 4.95. The summed E-state index contributed by atoms with van der Waals surface area (Å²) in [5, 5.41) is 0. The highest BCUT2D eigenvalue weighted by molar-refractivity contribution is 5.96. The van der Waals surface area contributed by atoms with Crippen molar-refractivity contribution < 1.29 is 14.3 Å². The van der Waals surface area contributed by atoms with Gasteiger partial charge in [-0.05, 0) is 19.3 Å². The Balaban J connectivity index is 2.21. The summed E-state index contributed by atoms with van der Waals surface area (Å²) in [7, 11) is 0. The highest BCUT2D eigenvalue weighted by Crippen LogP contribution is 2.26. The van der Waals surface area contributed by atoms with E-state index in [0.29, 0.717) is 6.61 Å². The molecular weight excluding hydrogens is 180 g/mol. The van der Waals surface area contributed by atoms with Gasteiger partial charge in [0.1, 0.15) is 12.2 Å². The Kier molecular flexibility index (Phi) is 4.63. The van der Waals surface area contributed by atoms with Gasteiger partial charge < -0.3 is 4.74 Å². The molecule has 1 aliphatic rings. The lowest BCUT2D eigenvalue weighted by Crippen LogP contribution is -2.17.